The van der Waals surface area contributed by atoms with Crippen molar-refractivity contribution < 1.29 is 4.79 Å². The summed E-state index contributed by atoms with van der Waals surface area (Å²) >= 11 is 1.78. The molecule has 0 aliphatic carbocycles. The van der Waals surface area contributed by atoms with Crippen LogP contribution >= 0.6 is 11.8 Å². The molecule has 1 amide bonds. The van der Waals surface area contributed by atoms with Crippen LogP contribution in [0.2, 0.25) is 0 Å². The highest BCUT2D eigenvalue weighted by molar-refractivity contribution is 7.97. The molecule has 0 aliphatic heterocycles. The maximum Gasteiger partial charge on any atom is 0.251 e. The van der Waals surface area contributed by atoms with Gasteiger partial charge >= 0.3 is 0 Å². The number of nitrogens with zero attached hydrogens (tertiary/aromatic N) is 1. The molecular formula is C20H22N2OS. The van der Waals surface area contributed by atoms with Crippen LogP contribution in [0.5, 0.6) is 0 Å². The lowest BCUT2D eigenvalue weighted by atomic mass is 10.1. The summed E-state index contributed by atoms with van der Waals surface area (Å²) in [5, 5.41) is 4.26. The van der Waals surface area contributed by atoms with E-state index in [4.69, 9.17) is 0 Å². The topological polar surface area (TPSA) is 34.0 Å². The molecule has 3 rings (SSSR count). The zero-order chi connectivity index (χ0) is 16.8. The van der Waals surface area contributed by atoms with Crippen LogP contribution in [0.25, 0.3) is 10.9 Å². The molecule has 24 heavy (non-hydrogen) atoms. The van der Waals surface area contributed by atoms with Crippen molar-refractivity contribution in [3.63, 3.8) is 0 Å². The first-order valence-corrected chi connectivity index (χ1v) is 9.57. The largest absolute Gasteiger partial charge is 0.352 e. The number of hydrogen-bond donors (Lipinski definition) is 1. The summed E-state index contributed by atoms with van der Waals surface area (Å²) in [6.07, 6.45) is 5.10. The van der Waals surface area contributed by atoms with Gasteiger partial charge in [-0.05, 0) is 47.9 Å². The first kappa shape index (κ1) is 16.7. The number of carbonyl (C=O) groups is 1. The Kier molecular flexibility index (Phi) is 5.59. The molecule has 0 bridgehead atoms. The van der Waals surface area contributed by atoms with Gasteiger partial charge < -0.3 is 9.88 Å². The zero-order valence-electron chi connectivity index (χ0n) is 13.9. The molecule has 0 radical (unpaired) electrons. The lowest BCUT2D eigenvalue weighted by Crippen LogP contribution is -2.25. The third-order valence-corrected chi connectivity index (χ3v) is 4.69. The van der Waals surface area contributed by atoms with E-state index in [1.54, 1.807) is 11.8 Å². The van der Waals surface area contributed by atoms with Crippen molar-refractivity contribution in [3.05, 3.63) is 71.9 Å². The van der Waals surface area contributed by atoms with Crippen LogP contribution in [-0.4, -0.2) is 23.3 Å². The van der Waals surface area contributed by atoms with Gasteiger partial charge in [-0.3, -0.25) is 4.79 Å². The Morgan fingerprint density at radius 1 is 1.08 bits per heavy atom. The summed E-state index contributed by atoms with van der Waals surface area (Å²) < 4.78 is 2.23. The molecule has 4 heteroatoms. The molecule has 3 aromatic rings. The number of thioether (sulfide) groups is 1. The van der Waals surface area contributed by atoms with Gasteiger partial charge in [0.25, 0.3) is 5.91 Å². The Balaban J connectivity index is 1.48. The average Bonchev–Trinajstić information content (AvgIpc) is 3.03. The molecule has 3 nitrogen and oxygen atoms in total. The van der Waals surface area contributed by atoms with Gasteiger partial charge in [-0.1, -0.05) is 30.3 Å². The van der Waals surface area contributed by atoms with Gasteiger partial charge in [0.2, 0.25) is 0 Å². The Morgan fingerprint density at radius 3 is 2.67 bits per heavy atom. The molecule has 0 saturated carbocycles. The SMILES string of the molecule is CSCc1ccc(C(=O)NCCCn2ccc3ccccc32)cc1. The van der Waals surface area contributed by atoms with Crippen molar-refractivity contribution in [2.45, 2.75) is 18.7 Å². The second-order valence-corrected chi connectivity index (χ2v) is 6.67. The minimum absolute atomic E-state index is 0.00284. The Bertz CT molecular complexity index is 808. The standard InChI is InChI=1S/C20H22N2OS/c1-24-15-16-7-9-18(10-8-16)20(23)21-12-4-13-22-14-11-17-5-2-3-6-19(17)22/h2-3,5-11,14H,4,12-13,15H2,1H3,(H,21,23). The fourth-order valence-corrected chi connectivity index (χ4v) is 3.33. The van der Waals surface area contributed by atoms with Crippen LogP contribution in [-0.2, 0) is 12.3 Å². The van der Waals surface area contributed by atoms with Gasteiger partial charge in [0.05, 0.1) is 0 Å². The highest BCUT2D eigenvalue weighted by Gasteiger charge is 2.05. The number of rotatable bonds is 7. The number of nitrogens with one attached hydrogen (secondary N) is 1. The third kappa shape index (κ3) is 4.01. The number of fused-ring (bicyclic) bond motifs is 1. The lowest BCUT2D eigenvalue weighted by molar-refractivity contribution is 0.0953. The number of para-hydroxylation sites is 1. The maximum absolute atomic E-state index is 12.2. The fourth-order valence-electron chi connectivity index (χ4n) is 2.81. The van der Waals surface area contributed by atoms with Crippen LogP contribution in [0.3, 0.4) is 0 Å². The van der Waals surface area contributed by atoms with E-state index in [-0.39, 0.29) is 5.91 Å². The summed E-state index contributed by atoms with van der Waals surface area (Å²) in [4.78, 5) is 12.2. The first-order chi connectivity index (χ1) is 11.8. The van der Waals surface area contributed by atoms with Gasteiger partial charge in [-0.15, -0.1) is 0 Å². The van der Waals surface area contributed by atoms with E-state index in [1.165, 1.54) is 16.5 Å². The van der Waals surface area contributed by atoms with Gasteiger partial charge in [-0.2, -0.15) is 11.8 Å². The quantitative estimate of drug-likeness (QED) is 0.651. The third-order valence-electron chi connectivity index (χ3n) is 4.07. The number of benzene rings is 2. The Labute approximate surface area is 147 Å². The van der Waals surface area contributed by atoms with E-state index in [0.717, 1.165) is 24.3 Å². The molecule has 1 heterocycles. The average molecular weight is 338 g/mol. The van der Waals surface area contributed by atoms with Crippen LogP contribution in [0.15, 0.2) is 60.8 Å². The van der Waals surface area contributed by atoms with E-state index >= 15 is 0 Å². The minimum atomic E-state index is 0.00284. The molecule has 0 atom stereocenters. The Morgan fingerprint density at radius 2 is 1.88 bits per heavy atom. The number of amides is 1. The molecular weight excluding hydrogens is 316 g/mol. The summed E-state index contributed by atoms with van der Waals surface area (Å²) in [5.74, 6) is 0.982. The van der Waals surface area contributed by atoms with Crippen molar-refractivity contribution in [2.24, 2.45) is 0 Å². The van der Waals surface area contributed by atoms with Gasteiger partial charge in [0.15, 0.2) is 0 Å². The maximum atomic E-state index is 12.2. The summed E-state index contributed by atoms with van der Waals surface area (Å²) in [6, 6.07) is 18.3. The molecule has 0 fully saturated rings. The molecule has 1 aromatic heterocycles. The lowest BCUT2D eigenvalue weighted by Gasteiger charge is -2.08. The number of aryl methyl sites for hydroxylation is 1. The van der Waals surface area contributed by atoms with Gasteiger partial charge in [0, 0.05) is 36.1 Å². The molecule has 0 spiro atoms. The number of aromatic nitrogens is 1. The minimum Gasteiger partial charge on any atom is -0.352 e. The van der Waals surface area contributed by atoms with Crippen molar-refractivity contribution in [3.8, 4) is 0 Å². The first-order valence-electron chi connectivity index (χ1n) is 8.18. The number of carbonyl (C=O) groups excluding carboxylic acids is 1. The summed E-state index contributed by atoms with van der Waals surface area (Å²) in [6.45, 7) is 1.58. The second-order valence-electron chi connectivity index (χ2n) is 5.81. The van der Waals surface area contributed by atoms with Crippen LogP contribution in [0, 0.1) is 0 Å². The molecule has 1 N–H and O–H groups in total. The van der Waals surface area contributed by atoms with E-state index in [0.29, 0.717) is 6.54 Å². The molecule has 124 valence electrons. The fraction of sp³-hybridized carbons (Fsp3) is 0.250. The van der Waals surface area contributed by atoms with Gasteiger partial charge in [-0.25, -0.2) is 0 Å². The van der Waals surface area contributed by atoms with E-state index < -0.39 is 0 Å². The smallest absolute Gasteiger partial charge is 0.251 e. The monoisotopic (exact) mass is 338 g/mol. The van der Waals surface area contributed by atoms with Crippen molar-refractivity contribution in [1.29, 1.82) is 0 Å². The summed E-state index contributed by atoms with van der Waals surface area (Å²) in [5.41, 5.74) is 3.22. The van der Waals surface area contributed by atoms with Crippen LogP contribution < -0.4 is 5.32 Å². The Hall–Kier alpha value is -2.20. The summed E-state index contributed by atoms with van der Waals surface area (Å²) in [7, 11) is 0. The number of hydrogen-bond acceptors (Lipinski definition) is 2. The zero-order valence-corrected chi connectivity index (χ0v) is 14.7. The van der Waals surface area contributed by atoms with Crippen LogP contribution in [0.4, 0.5) is 0 Å². The van der Waals surface area contributed by atoms with E-state index in [2.05, 4.69) is 52.7 Å². The van der Waals surface area contributed by atoms with Crippen molar-refractivity contribution in [2.75, 3.05) is 12.8 Å². The van der Waals surface area contributed by atoms with Gasteiger partial charge in [0.1, 0.15) is 0 Å². The predicted molar refractivity (Wildman–Crippen MR) is 103 cm³/mol. The van der Waals surface area contributed by atoms with Crippen molar-refractivity contribution in [1.82, 2.24) is 9.88 Å². The normalized spacial score (nSPS) is 10.9. The second kappa shape index (κ2) is 8.06. The predicted octanol–water partition coefficient (Wildman–Crippen LogP) is 4.32. The highest BCUT2D eigenvalue weighted by Crippen LogP contribution is 2.15. The van der Waals surface area contributed by atoms with Crippen molar-refractivity contribution >= 4 is 28.6 Å². The van der Waals surface area contributed by atoms with E-state index in [1.807, 2.05) is 24.3 Å². The van der Waals surface area contributed by atoms with Crippen LogP contribution in [0.1, 0.15) is 22.3 Å². The molecule has 0 aliphatic rings. The molecule has 2 aromatic carbocycles. The van der Waals surface area contributed by atoms with E-state index in [9.17, 15) is 4.79 Å². The molecule has 0 saturated heterocycles. The highest BCUT2D eigenvalue weighted by atomic mass is 32.2. The molecule has 0 unspecified atom stereocenters.